The Morgan fingerprint density at radius 1 is 1.08 bits per heavy atom. The summed E-state index contributed by atoms with van der Waals surface area (Å²) in [6, 6.07) is 4.73. The molecule has 3 rings (SSSR count). The molecular formula is C15H18F3NO5S. The average molecular weight is 381 g/mol. The van der Waals surface area contributed by atoms with E-state index in [2.05, 4.69) is 4.74 Å². The Bertz CT molecular complexity index is 706. The van der Waals surface area contributed by atoms with Crippen molar-refractivity contribution in [2.45, 2.75) is 36.3 Å². The highest BCUT2D eigenvalue weighted by Gasteiger charge is 2.42. The minimum Gasteiger partial charge on any atom is -0.404 e. The van der Waals surface area contributed by atoms with E-state index in [0.29, 0.717) is 26.1 Å². The van der Waals surface area contributed by atoms with E-state index < -0.39 is 32.8 Å². The van der Waals surface area contributed by atoms with Gasteiger partial charge < -0.3 is 14.2 Å². The van der Waals surface area contributed by atoms with E-state index in [4.69, 9.17) is 9.47 Å². The minimum atomic E-state index is -4.97. The molecule has 0 unspecified atom stereocenters. The normalized spacial score (nSPS) is 22.0. The maximum absolute atomic E-state index is 12.8. The van der Waals surface area contributed by atoms with Gasteiger partial charge >= 0.3 is 6.36 Å². The van der Waals surface area contributed by atoms with Crippen LogP contribution in [0.15, 0.2) is 29.2 Å². The molecule has 1 aromatic rings. The lowest BCUT2D eigenvalue weighted by Gasteiger charge is -2.42. The van der Waals surface area contributed by atoms with Crippen LogP contribution in [0.5, 0.6) is 5.75 Å². The smallest absolute Gasteiger partial charge is 0.404 e. The van der Waals surface area contributed by atoms with Crippen molar-refractivity contribution in [1.82, 2.24) is 4.31 Å². The van der Waals surface area contributed by atoms with Crippen molar-refractivity contribution in [2.24, 2.45) is 0 Å². The van der Waals surface area contributed by atoms with Gasteiger partial charge in [0, 0.05) is 25.9 Å². The first-order chi connectivity index (χ1) is 11.7. The largest absolute Gasteiger partial charge is 0.573 e. The van der Waals surface area contributed by atoms with Crippen molar-refractivity contribution in [3.8, 4) is 5.75 Å². The van der Waals surface area contributed by atoms with Gasteiger partial charge in [0.2, 0.25) is 10.0 Å². The van der Waals surface area contributed by atoms with Crippen molar-refractivity contribution in [3.05, 3.63) is 24.3 Å². The van der Waals surface area contributed by atoms with E-state index in [0.717, 1.165) is 22.9 Å². The fourth-order valence-corrected chi connectivity index (χ4v) is 4.54. The van der Waals surface area contributed by atoms with Gasteiger partial charge in [-0.15, -0.1) is 13.2 Å². The summed E-state index contributed by atoms with van der Waals surface area (Å²) >= 11 is 0. The molecular weight excluding hydrogens is 363 g/mol. The molecule has 0 N–H and O–H groups in total. The number of hydrogen-bond donors (Lipinski definition) is 0. The number of piperidine rings is 1. The number of halogens is 3. The number of para-hydroxylation sites is 1. The second-order valence-electron chi connectivity index (χ2n) is 5.86. The van der Waals surface area contributed by atoms with Gasteiger partial charge in [-0.3, -0.25) is 0 Å². The SMILES string of the molecule is O=S(=O)(c1ccccc1OC(F)(F)F)N1CCC2(CC1)OCCCO2. The zero-order valence-electron chi connectivity index (χ0n) is 13.3. The summed E-state index contributed by atoms with van der Waals surface area (Å²) in [6.45, 7) is 1.30. The Morgan fingerprint density at radius 2 is 1.68 bits per heavy atom. The van der Waals surface area contributed by atoms with E-state index in [-0.39, 0.29) is 13.1 Å². The van der Waals surface area contributed by atoms with Gasteiger partial charge in [0.25, 0.3) is 0 Å². The van der Waals surface area contributed by atoms with Crippen LogP contribution in [-0.4, -0.2) is 51.2 Å². The Balaban J connectivity index is 1.79. The van der Waals surface area contributed by atoms with Gasteiger partial charge in [0.1, 0.15) is 10.6 Å². The highest BCUT2D eigenvalue weighted by atomic mass is 32.2. The Labute approximate surface area is 143 Å². The molecule has 0 bridgehead atoms. The molecule has 2 saturated heterocycles. The molecule has 0 amide bonds. The van der Waals surface area contributed by atoms with Gasteiger partial charge in [-0.05, 0) is 18.6 Å². The molecule has 0 radical (unpaired) electrons. The van der Waals surface area contributed by atoms with Gasteiger partial charge in [-0.25, -0.2) is 8.42 Å². The fraction of sp³-hybridized carbons (Fsp3) is 0.600. The number of hydrogen-bond acceptors (Lipinski definition) is 5. The van der Waals surface area contributed by atoms with E-state index >= 15 is 0 Å². The monoisotopic (exact) mass is 381 g/mol. The molecule has 2 aliphatic rings. The summed E-state index contributed by atoms with van der Waals surface area (Å²) in [7, 11) is -4.12. The van der Waals surface area contributed by atoms with Crippen LogP contribution in [0.1, 0.15) is 19.3 Å². The number of nitrogens with zero attached hydrogens (tertiary/aromatic N) is 1. The summed E-state index contributed by atoms with van der Waals surface area (Å²) in [5.74, 6) is -1.52. The number of rotatable bonds is 3. The number of benzene rings is 1. The van der Waals surface area contributed by atoms with Crippen molar-refractivity contribution < 1.29 is 35.8 Å². The standard InChI is InChI=1S/C15H18F3NO5S/c16-15(17,18)24-12-4-1-2-5-13(12)25(20,21)19-8-6-14(7-9-19)22-10-3-11-23-14/h1-2,4-5H,3,6-11H2. The van der Waals surface area contributed by atoms with Crippen LogP contribution >= 0.6 is 0 Å². The maximum atomic E-state index is 12.8. The zero-order valence-corrected chi connectivity index (χ0v) is 14.1. The van der Waals surface area contributed by atoms with Gasteiger partial charge in [-0.2, -0.15) is 4.31 Å². The molecule has 1 spiro atoms. The van der Waals surface area contributed by atoms with Crippen LogP contribution in [0, 0.1) is 0 Å². The molecule has 0 saturated carbocycles. The highest BCUT2D eigenvalue weighted by Crippen LogP contribution is 2.36. The molecule has 2 aliphatic heterocycles. The Morgan fingerprint density at radius 3 is 2.28 bits per heavy atom. The Kier molecular flexibility index (Phi) is 4.97. The first-order valence-corrected chi connectivity index (χ1v) is 9.29. The van der Waals surface area contributed by atoms with E-state index in [1.54, 1.807) is 0 Å². The first-order valence-electron chi connectivity index (χ1n) is 7.85. The second kappa shape index (κ2) is 6.75. The molecule has 2 fully saturated rings. The summed E-state index contributed by atoms with van der Waals surface area (Å²) in [5.41, 5.74) is 0. The summed E-state index contributed by atoms with van der Waals surface area (Å²) in [4.78, 5) is -0.506. The van der Waals surface area contributed by atoms with Crippen LogP contribution in [0.3, 0.4) is 0 Å². The third-order valence-electron chi connectivity index (χ3n) is 4.20. The molecule has 0 aliphatic carbocycles. The molecule has 10 heteroatoms. The summed E-state index contributed by atoms with van der Waals surface area (Å²) in [6.07, 6.45) is -3.53. The van der Waals surface area contributed by atoms with Crippen molar-refractivity contribution in [2.75, 3.05) is 26.3 Å². The third kappa shape index (κ3) is 4.08. The summed E-state index contributed by atoms with van der Waals surface area (Å²) < 4.78 is 79.4. The molecule has 25 heavy (non-hydrogen) atoms. The lowest BCUT2D eigenvalue weighted by Crippen LogP contribution is -2.51. The van der Waals surface area contributed by atoms with Crippen LogP contribution in [0.25, 0.3) is 0 Å². The van der Waals surface area contributed by atoms with Gasteiger partial charge in [0.15, 0.2) is 5.79 Å². The Hall–Kier alpha value is -1.36. The maximum Gasteiger partial charge on any atom is 0.573 e. The van der Waals surface area contributed by atoms with Gasteiger partial charge in [0.05, 0.1) is 13.2 Å². The third-order valence-corrected chi connectivity index (χ3v) is 6.13. The lowest BCUT2D eigenvalue weighted by atomic mass is 10.0. The molecule has 0 atom stereocenters. The van der Waals surface area contributed by atoms with E-state index in [1.807, 2.05) is 0 Å². The lowest BCUT2D eigenvalue weighted by molar-refractivity contribution is -0.280. The number of alkyl halides is 3. The molecule has 140 valence electrons. The average Bonchev–Trinajstić information content (AvgIpc) is 2.55. The highest BCUT2D eigenvalue weighted by molar-refractivity contribution is 7.89. The van der Waals surface area contributed by atoms with E-state index in [9.17, 15) is 21.6 Å². The van der Waals surface area contributed by atoms with E-state index in [1.165, 1.54) is 12.1 Å². The van der Waals surface area contributed by atoms with Crippen LogP contribution < -0.4 is 4.74 Å². The topological polar surface area (TPSA) is 65.1 Å². The molecule has 2 heterocycles. The molecule has 1 aromatic carbocycles. The predicted molar refractivity (Wildman–Crippen MR) is 80.4 cm³/mol. The van der Waals surface area contributed by atoms with Crippen molar-refractivity contribution in [1.29, 1.82) is 0 Å². The van der Waals surface area contributed by atoms with Crippen molar-refractivity contribution in [3.63, 3.8) is 0 Å². The zero-order chi connectivity index (χ0) is 18.1. The quantitative estimate of drug-likeness (QED) is 0.805. The minimum absolute atomic E-state index is 0.0999. The first kappa shape index (κ1) is 18.4. The molecule has 6 nitrogen and oxygen atoms in total. The van der Waals surface area contributed by atoms with Gasteiger partial charge in [-0.1, -0.05) is 12.1 Å². The molecule has 0 aromatic heterocycles. The number of sulfonamides is 1. The van der Waals surface area contributed by atoms with Crippen LogP contribution in [0.2, 0.25) is 0 Å². The van der Waals surface area contributed by atoms with Crippen LogP contribution in [0.4, 0.5) is 13.2 Å². The fourth-order valence-electron chi connectivity index (χ4n) is 2.98. The van der Waals surface area contributed by atoms with Crippen LogP contribution in [-0.2, 0) is 19.5 Å². The summed E-state index contributed by atoms with van der Waals surface area (Å²) in [5, 5.41) is 0. The number of ether oxygens (including phenoxy) is 3. The predicted octanol–water partition coefficient (Wildman–Crippen LogP) is 2.50. The van der Waals surface area contributed by atoms with Crippen molar-refractivity contribution >= 4 is 10.0 Å². The second-order valence-corrected chi connectivity index (χ2v) is 7.77.